The number of benzene rings is 2. The molecule has 0 unspecified atom stereocenters. The fourth-order valence-corrected chi connectivity index (χ4v) is 4.20. The Morgan fingerprint density at radius 3 is 1.71 bits per heavy atom. The van der Waals surface area contributed by atoms with E-state index in [9.17, 15) is 0 Å². The summed E-state index contributed by atoms with van der Waals surface area (Å²) in [6, 6.07) is 15.5. The van der Waals surface area contributed by atoms with Crippen LogP contribution in [-0.2, 0) is 0 Å². The minimum absolute atomic E-state index is 0. The first-order chi connectivity index (χ1) is 13.1. The molecule has 0 atom stereocenters. The Morgan fingerprint density at radius 1 is 0.607 bits per heavy atom. The highest BCUT2D eigenvalue weighted by molar-refractivity contribution is 5.93. The number of quaternary nitrogens is 1. The molecule has 158 valence electrons. The molecule has 0 spiro atoms. The Hall–Kier alpha value is -1.05. The van der Waals surface area contributed by atoms with E-state index in [0.717, 1.165) is 4.48 Å². The van der Waals surface area contributed by atoms with E-state index in [1.54, 1.807) is 0 Å². The molecule has 2 heteroatoms. The molecule has 0 aliphatic heterocycles. The second kappa shape index (κ2) is 14.0. The minimum Gasteiger partial charge on any atom is -1.00 e. The van der Waals surface area contributed by atoms with E-state index in [0.29, 0.717) is 0 Å². The quantitative estimate of drug-likeness (QED) is 0.303. The summed E-state index contributed by atoms with van der Waals surface area (Å²) < 4.78 is 0.985. The van der Waals surface area contributed by atoms with Crippen molar-refractivity contribution in [2.45, 2.75) is 84.0 Å². The van der Waals surface area contributed by atoms with Gasteiger partial charge >= 0.3 is 0 Å². The van der Waals surface area contributed by atoms with Crippen LogP contribution < -0.4 is 16.9 Å². The maximum Gasteiger partial charge on any atom is 0.140 e. The third-order valence-electron chi connectivity index (χ3n) is 5.99. The zero-order valence-corrected chi connectivity index (χ0v) is 19.3. The molecule has 0 amide bonds. The van der Waals surface area contributed by atoms with Crippen molar-refractivity contribution in [1.82, 2.24) is 4.48 Å². The normalized spacial score (nSPS) is 11.5. The summed E-state index contributed by atoms with van der Waals surface area (Å²) in [6.45, 7) is 3.52. The van der Waals surface area contributed by atoms with E-state index in [2.05, 4.69) is 63.5 Å². The van der Waals surface area contributed by atoms with Gasteiger partial charge in [0.2, 0.25) is 0 Å². The van der Waals surface area contributed by atoms with Crippen LogP contribution >= 0.6 is 0 Å². The summed E-state index contributed by atoms with van der Waals surface area (Å²) in [5.41, 5.74) is 1.45. The van der Waals surface area contributed by atoms with E-state index in [4.69, 9.17) is 0 Å². The average molecular weight is 404 g/mol. The summed E-state index contributed by atoms with van der Waals surface area (Å²) in [4.78, 5) is 0. The fraction of sp³-hybridized carbons (Fsp3) is 0.615. The molecule has 0 aromatic heterocycles. The Morgan fingerprint density at radius 2 is 1.11 bits per heavy atom. The highest BCUT2D eigenvalue weighted by Crippen LogP contribution is 2.30. The van der Waals surface area contributed by atoms with Gasteiger partial charge in [0.05, 0.1) is 20.6 Å². The molecule has 2 rings (SSSR count). The van der Waals surface area contributed by atoms with Gasteiger partial charge in [-0.1, -0.05) is 101 Å². The smallest absolute Gasteiger partial charge is 0.140 e. The van der Waals surface area contributed by atoms with Crippen LogP contribution in [0, 0.1) is 0 Å². The lowest BCUT2D eigenvalue weighted by Gasteiger charge is -2.30. The van der Waals surface area contributed by atoms with Crippen molar-refractivity contribution in [3.05, 3.63) is 42.5 Å². The Kier molecular flexibility index (Phi) is 12.5. The van der Waals surface area contributed by atoms with Gasteiger partial charge in [-0.2, -0.15) is 0 Å². The lowest BCUT2D eigenvalue weighted by atomic mass is 10.0. The van der Waals surface area contributed by atoms with E-state index >= 15 is 0 Å². The van der Waals surface area contributed by atoms with Gasteiger partial charge in [-0.05, 0) is 30.4 Å². The maximum atomic E-state index is 2.36. The third kappa shape index (κ3) is 8.53. The van der Waals surface area contributed by atoms with Crippen molar-refractivity contribution in [3.63, 3.8) is 0 Å². The van der Waals surface area contributed by atoms with Crippen molar-refractivity contribution in [2.75, 3.05) is 20.6 Å². The summed E-state index contributed by atoms with van der Waals surface area (Å²) in [5, 5.41) is 2.76. The molecule has 2 aromatic rings. The topological polar surface area (TPSA) is 0 Å². The molecule has 0 saturated carbocycles. The molecule has 0 aliphatic carbocycles. The number of nitrogens with zero attached hydrogens (tertiary/aromatic N) is 1. The van der Waals surface area contributed by atoms with E-state index in [1.807, 2.05) is 0 Å². The van der Waals surface area contributed by atoms with Gasteiger partial charge in [0.25, 0.3) is 0 Å². The lowest BCUT2D eigenvalue weighted by molar-refractivity contribution is -0.00000587. The molecular formula is C26H42ClN. The first kappa shape index (κ1) is 25.0. The summed E-state index contributed by atoms with van der Waals surface area (Å²) in [7, 11) is 4.72. The lowest BCUT2D eigenvalue weighted by Crippen LogP contribution is -3.00. The van der Waals surface area contributed by atoms with Crippen molar-refractivity contribution < 1.29 is 12.4 Å². The molecule has 0 fully saturated rings. The number of halogens is 1. The molecule has 0 bridgehead atoms. The number of hydrogen-bond donors (Lipinski definition) is 0. The van der Waals surface area contributed by atoms with Gasteiger partial charge in [0, 0.05) is 5.39 Å². The molecule has 0 N–H and O–H groups in total. The first-order valence-electron chi connectivity index (χ1n) is 11.5. The van der Waals surface area contributed by atoms with Gasteiger partial charge in [0.1, 0.15) is 5.69 Å². The summed E-state index contributed by atoms with van der Waals surface area (Å²) in [5.74, 6) is 0. The van der Waals surface area contributed by atoms with E-state index in [1.165, 1.54) is 100 Å². The first-order valence-corrected chi connectivity index (χ1v) is 11.5. The zero-order valence-electron chi connectivity index (χ0n) is 18.6. The van der Waals surface area contributed by atoms with Crippen molar-refractivity contribution >= 4 is 16.5 Å². The third-order valence-corrected chi connectivity index (χ3v) is 5.99. The molecule has 28 heavy (non-hydrogen) atoms. The zero-order chi connectivity index (χ0) is 19.4. The predicted octanol–water partition coefficient (Wildman–Crippen LogP) is 5.11. The summed E-state index contributed by atoms with van der Waals surface area (Å²) in [6.07, 6.45) is 17.0. The SMILES string of the molecule is CCCCCCCCCCCCCC[N+](C)(C)c1cccc2ccccc12.[Cl-]. The van der Waals surface area contributed by atoms with Crippen LogP contribution in [0.25, 0.3) is 10.8 Å². The Balaban J connectivity index is 0.00000392. The average Bonchev–Trinajstić information content (AvgIpc) is 2.68. The number of fused-ring (bicyclic) bond motifs is 1. The van der Waals surface area contributed by atoms with Gasteiger partial charge < -0.3 is 12.4 Å². The molecule has 0 radical (unpaired) electrons. The second-order valence-corrected chi connectivity index (χ2v) is 8.80. The van der Waals surface area contributed by atoms with Crippen LogP contribution in [0.4, 0.5) is 5.69 Å². The van der Waals surface area contributed by atoms with Crippen LogP contribution in [0.15, 0.2) is 42.5 Å². The molecule has 0 saturated heterocycles. The standard InChI is InChI=1S/C26H42N.ClH/c1-4-5-6-7-8-9-10-11-12-13-14-17-23-27(2,3)26-22-18-20-24-19-15-16-21-25(24)26;/h15-16,18-22H,4-14,17,23H2,1-3H3;1H/q+1;/p-1. The monoisotopic (exact) mass is 403 g/mol. The highest BCUT2D eigenvalue weighted by Gasteiger charge is 2.20. The molecular weight excluding hydrogens is 362 g/mol. The van der Waals surface area contributed by atoms with Gasteiger partial charge in [-0.15, -0.1) is 0 Å². The van der Waals surface area contributed by atoms with E-state index in [-0.39, 0.29) is 12.4 Å². The number of hydrogen-bond acceptors (Lipinski definition) is 0. The van der Waals surface area contributed by atoms with Gasteiger partial charge in [0.15, 0.2) is 0 Å². The Labute approximate surface area is 180 Å². The van der Waals surface area contributed by atoms with Crippen molar-refractivity contribution in [1.29, 1.82) is 0 Å². The minimum atomic E-state index is 0. The molecule has 0 aliphatic rings. The molecule has 2 aromatic carbocycles. The molecule has 0 heterocycles. The summed E-state index contributed by atoms with van der Waals surface area (Å²) >= 11 is 0. The predicted molar refractivity (Wildman–Crippen MR) is 124 cm³/mol. The van der Waals surface area contributed by atoms with Crippen LogP contribution in [0.3, 0.4) is 0 Å². The number of rotatable bonds is 14. The maximum absolute atomic E-state index is 2.36. The van der Waals surface area contributed by atoms with E-state index < -0.39 is 0 Å². The van der Waals surface area contributed by atoms with Crippen LogP contribution in [-0.4, -0.2) is 20.6 Å². The van der Waals surface area contributed by atoms with Crippen molar-refractivity contribution in [2.24, 2.45) is 0 Å². The largest absolute Gasteiger partial charge is 1.00 e. The van der Waals surface area contributed by atoms with Crippen LogP contribution in [0.2, 0.25) is 0 Å². The van der Waals surface area contributed by atoms with Crippen molar-refractivity contribution in [3.8, 4) is 0 Å². The van der Waals surface area contributed by atoms with Crippen LogP contribution in [0.1, 0.15) is 84.0 Å². The second-order valence-electron chi connectivity index (χ2n) is 8.80. The Bertz CT molecular complexity index is 644. The highest BCUT2D eigenvalue weighted by atomic mass is 35.5. The van der Waals surface area contributed by atoms with Crippen LogP contribution in [0.5, 0.6) is 0 Å². The fourth-order valence-electron chi connectivity index (χ4n) is 4.20. The van der Waals surface area contributed by atoms with Gasteiger partial charge in [-0.3, -0.25) is 4.48 Å². The number of unbranched alkanes of at least 4 members (excludes halogenated alkanes) is 11. The van der Waals surface area contributed by atoms with Gasteiger partial charge in [-0.25, -0.2) is 0 Å². The molecule has 1 nitrogen and oxygen atoms in total.